The fraction of sp³-hybridized carbons (Fsp3) is 0.432. The first-order valence-corrected chi connectivity index (χ1v) is 21.6. The van der Waals surface area contributed by atoms with Crippen molar-refractivity contribution in [1.29, 1.82) is 10.5 Å². The third-order valence-electron chi connectivity index (χ3n) is 10.9. The van der Waals surface area contributed by atoms with Gasteiger partial charge in [0.2, 0.25) is 17.7 Å². The van der Waals surface area contributed by atoms with Crippen LogP contribution < -0.4 is 26.2 Å². The van der Waals surface area contributed by atoms with Crippen LogP contribution in [0.2, 0.25) is 0 Å². The van der Waals surface area contributed by atoms with E-state index in [1.807, 2.05) is 49.1 Å². The Morgan fingerprint density at radius 3 is 2.36 bits per heavy atom. The molecule has 3 aromatic rings. The quantitative estimate of drug-likeness (QED) is 0.0787. The first-order valence-electron chi connectivity index (χ1n) is 20.7. The second-order valence-electron chi connectivity index (χ2n) is 15.0. The van der Waals surface area contributed by atoms with Gasteiger partial charge in [-0.1, -0.05) is 68.4 Å². The van der Waals surface area contributed by atoms with Crippen molar-refractivity contribution in [2.75, 3.05) is 43.0 Å². The molecule has 0 radical (unpaired) electrons. The number of piperidine rings is 2. The molecular weight excluding hydrogens is 799 g/mol. The number of imide groups is 2. The number of ether oxygens (including phenoxy) is 1. The standard InChI is InChI=1S/C44H49N9O7S/c1-3-5-24-60-44(59)49-28-18-22-52(23-19-28)38-31(25-45)29(4-2)32(26-46)41(51-38)61-37(27-12-7-6-8-13-27)40(56)48-21-10-9-20-47-33-15-11-14-30-36(33)43(58)53(42(30)57)34-16-17-35(54)50-39(34)55/h6-8,11-15,28,34,37,47H,3-5,9-10,16-24H2,1-2H3,(H,48,56)(H,49,59)(H,50,54,55). The first-order chi connectivity index (χ1) is 29.6. The molecule has 16 nitrogen and oxygen atoms in total. The zero-order valence-corrected chi connectivity index (χ0v) is 35.1. The molecule has 318 valence electrons. The summed E-state index contributed by atoms with van der Waals surface area (Å²) in [5, 5.41) is 31.7. The van der Waals surface area contributed by atoms with Gasteiger partial charge in [0.25, 0.3) is 11.8 Å². The number of carbonyl (C=O) groups excluding carboxylic acids is 6. The molecule has 2 atom stereocenters. The van der Waals surface area contributed by atoms with Crippen molar-refractivity contribution in [2.45, 2.75) is 94.0 Å². The van der Waals surface area contributed by atoms with Crippen LogP contribution in [0.3, 0.4) is 0 Å². The fourth-order valence-electron chi connectivity index (χ4n) is 7.70. The van der Waals surface area contributed by atoms with E-state index >= 15 is 0 Å². The topological polar surface area (TPSA) is 227 Å². The van der Waals surface area contributed by atoms with Gasteiger partial charge in [-0.15, -0.1) is 0 Å². The molecule has 0 bridgehead atoms. The number of unbranched alkanes of at least 4 members (excludes halogenated alkanes) is 2. The number of fused-ring (bicyclic) bond motifs is 1. The Hall–Kier alpha value is -6.46. The van der Waals surface area contributed by atoms with Gasteiger partial charge in [-0.25, -0.2) is 9.78 Å². The second kappa shape index (κ2) is 20.7. The molecular formula is C44H49N9O7S. The molecule has 6 rings (SSSR count). The maximum atomic E-state index is 14.0. The lowest BCUT2D eigenvalue weighted by Crippen LogP contribution is -2.54. The molecule has 4 N–H and O–H groups in total. The third kappa shape index (κ3) is 10.1. The number of aromatic nitrogens is 1. The van der Waals surface area contributed by atoms with Crippen LogP contribution in [0, 0.1) is 22.7 Å². The summed E-state index contributed by atoms with van der Waals surface area (Å²) in [5.41, 5.74) is 2.67. The van der Waals surface area contributed by atoms with Gasteiger partial charge in [-0.2, -0.15) is 10.5 Å². The van der Waals surface area contributed by atoms with Crippen LogP contribution in [0.1, 0.15) is 113 Å². The van der Waals surface area contributed by atoms with Crippen LogP contribution in [-0.4, -0.2) is 90.4 Å². The molecule has 2 saturated heterocycles. The predicted molar refractivity (Wildman–Crippen MR) is 227 cm³/mol. The Labute approximate surface area is 358 Å². The van der Waals surface area contributed by atoms with Crippen molar-refractivity contribution < 1.29 is 33.5 Å². The Morgan fingerprint density at radius 2 is 1.67 bits per heavy atom. The zero-order valence-electron chi connectivity index (χ0n) is 34.3. The molecule has 61 heavy (non-hydrogen) atoms. The molecule has 17 heteroatoms. The number of hydrogen-bond acceptors (Lipinski definition) is 13. The fourth-order valence-corrected chi connectivity index (χ4v) is 8.84. The minimum Gasteiger partial charge on any atom is -0.450 e. The van der Waals surface area contributed by atoms with Crippen molar-refractivity contribution in [3.8, 4) is 12.1 Å². The summed E-state index contributed by atoms with van der Waals surface area (Å²) in [6.45, 7) is 6.04. The minimum absolute atomic E-state index is 0.0312. The van der Waals surface area contributed by atoms with E-state index in [-0.39, 0.29) is 41.5 Å². The Morgan fingerprint density at radius 1 is 0.934 bits per heavy atom. The Bertz CT molecular complexity index is 2250. The summed E-state index contributed by atoms with van der Waals surface area (Å²) in [6.07, 6.45) is 4.16. The number of thioether (sulfide) groups is 1. The molecule has 2 aromatic carbocycles. The Balaban J connectivity index is 1.09. The molecule has 2 fully saturated rings. The molecule has 0 aliphatic carbocycles. The van der Waals surface area contributed by atoms with E-state index in [0.29, 0.717) is 98.1 Å². The minimum atomic E-state index is -1.06. The van der Waals surface area contributed by atoms with Crippen molar-refractivity contribution in [2.24, 2.45) is 0 Å². The van der Waals surface area contributed by atoms with Crippen LogP contribution in [0.15, 0.2) is 53.6 Å². The van der Waals surface area contributed by atoms with Crippen molar-refractivity contribution in [1.82, 2.24) is 25.8 Å². The first kappa shape index (κ1) is 44.1. The molecule has 3 aliphatic heterocycles. The average Bonchev–Trinajstić information content (AvgIpc) is 3.52. The number of pyridine rings is 1. The van der Waals surface area contributed by atoms with Gasteiger partial charge in [-0.05, 0) is 68.2 Å². The molecule has 6 amide bonds. The summed E-state index contributed by atoms with van der Waals surface area (Å²) >= 11 is 1.16. The van der Waals surface area contributed by atoms with Gasteiger partial charge < -0.3 is 25.6 Å². The lowest BCUT2D eigenvalue weighted by Gasteiger charge is -2.34. The Kier molecular flexibility index (Phi) is 15.0. The van der Waals surface area contributed by atoms with E-state index in [2.05, 4.69) is 33.4 Å². The smallest absolute Gasteiger partial charge is 0.407 e. The number of nitrogens with zero attached hydrogens (tertiary/aromatic N) is 5. The number of nitriles is 2. The lowest BCUT2D eigenvalue weighted by atomic mass is 10.00. The van der Waals surface area contributed by atoms with E-state index in [1.54, 1.807) is 12.1 Å². The molecule has 4 heterocycles. The number of hydrogen-bond donors (Lipinski definition) is 4. The number of amides is 6. The SMILES string of the molecule is CCCCOC(=O)NC1CCN(c2nc(SC(C(=O)NCCCCNc3cccc4c3C(=O)N(C3CCC(=O)NC3=O)C4=O)c3ccccc3)c(C#N)c(CC)c2C#N)CC1. The number of carbonyl (C=O) groups is 6. The second-order valence-corrected chi connectivity index (χ2v) is 16.0. The third-order valence-corrected chi connectivity index (χ3v) is 12.2. The number of benzene rings is 2. The summed E-state index contributed by atoms with van der Waals surface area (Å²) in [6, 6.07) is 17.5. The van der Waals surface area contributed by atoms with Gasteiger partial charge in [0.1, 0.15) is 34.3 Å². The van der Waals surface area contributed by atoms with Gasteiger partial charge >= 0.3 is 6.09 Å². The zero-order chi connectivity index (χ0) is 43.5. The van der Waals surface area contributed by atoms with Gasteiger partial charge in [0, 0.05) is 44.3 Å². The van der Waals surface area contributed by atoms with Crippen molar-refractivity contribution in [3.63, 3.8) is 0 Å². The van der Waals surface area contributed by atoms with Gasteiger partial charge in [-0.3, -0.25) is 34.2 Å². The molecule has 3 aliphatic rings. The van der Waals surface area contributed by atoms with E-state index < -0.39 is 41.0 Å². The van der Waals surface area contributed by atoms with E-state index in [0.717, 1.165) is 29.5 Å². The molecule has 2 unspecified atom stereocenters. The summed E-state index contributed by atoms with van der Waals surface area (Å²) < 4.78 is 5.27. The highest BCUT2D eigenvalue weighted by Gasteiger charge is 2.45. The maximum absolute atomic E-state index is 14.0. The summed E-state index contributed by atoms with van der Waals surface area (Å²) in [5.74, 6) is -2.13. The van der Waals surface area contributed by atoms with Crippen LogP contribution in [-0.2, 0) is 25.5 Å². The van der Waals surface area contributed by atoms with E-state index in [4.69, 9.17) is 9.72 Å². The number of anilines is 2. The van der Waals surface area contributed by atoms with E-state index in [9.17, 15) is 39.3 Å². The summed E-state index contributed by atoms with van der Waals surface area (Å²) in [7, 11) is 0. The molecule has 1 aromatic heterocycles. The van der Waals surface area contributed by atoms with Crippen molar-refractivity contribution >= 4 is 58.9 Å². The van der Waals surface area contributed by atoms with Crippen LogP contribution in [0.25, 0.3) is 0 Å². The summed E-state index contributed by atoms with van der Waals surface area (Å²) in [4.78, 5) is 85.0. The monoisotopic (exact) mass is 847 g/mol. The van der Waals surface area contributed by atoms with E-state index in [1.165, 1.54) is 6.07 Å². The number of rotatable bonds is 17. The highest BCUT2D eigenvalue weighted by Crippen LogP contribution is 2.40. The maximum Gasteiger partial charge on any atom is 0.407 e. The predicted octanol–water partition coefficient (Wildman–Crippen LogP) is 5.13. The number of alkyl carbamates (subject to hydrolysis) is 1. The average molecular weight is 848 g/mol. The molecule has 0 spiro atoms. The van der Waals surface area contributed by atoms with Gasteiger partial charge in [0.15, 0.2) is 0 Å². The number of nitrogens with one attached hydrogen (secondary N) is 4. The lowest BCUT2D eigenvalue weighted by molar-refractivity contribution is -0.136. The van der Waals surface area contributed by atoms with Crippen LogP contribution in [0.5, 0.6) is 0 Å². The van der Waals surface area contributed by atoms with Crippen LogP contribution >= 0.6 is 11.8 Å². The normalized spacial score (nSPS) is 16.9. The highest BCUT2D eigenvalue weighted by atomic mass is 32.2. The van der Waals surface area contributed by atoms with Crippen molar-refractivity contribution in [3.05, 3.63) is 81.9 Å². The highest BCUT2D eigenvalue weighted by molar-refractivity contribution is 8.00. The van der Waals surface area contributed by atoms with Gasteiger partial charge in [0.05, 0.1) is 28.9 Å². The largest absolute Gasteiger partial charge is 0.450 e. The van der Waals surface area contributed by atoms with Crippen LogP contribution in [0.4, 0.5) is 16.3 Å². The molecule has 0 saturated carbocycles.